The molecule has 0 spiro atoms. The van der Waals surface area contributed by atoms with E-state index in [1.54, 1.807) is 35.0 Å². The number of nitrogens with zero attached hydrogens (tertiary/aromatic N) is 4. The van der Waals surface area contributed by atoms with Crippen LogP contribution in [-0.4, -0.2) is 40.3 Å². The Hall–Kier alpha value is -3.61. The number of hydrogen-bond donors (Lipinski definition) is 2. The average Bonchev–Trinajstić information content (AvgIpc) is 3.34. The maximum atomic E-state index is 12.6. The minimum Gasteiger partial charge on any atom is -0.496 e. The maximum Gasteiger partial charge on any atom is 0.303 e. The van der Waals surface area contributed by atoms with Gasteiger partial charge in [-0.2, -0.15) is 10.4 Å². The molecule has 183 valence electrons. The van der Waals surface area contributed by atoms with E-state index in [9.17, 15) is 10.1 Å². The number of rotatable bonds is 8. The van der Waals surface area contributed by atoms with Crippen molar-refractivity contribution < 1.29 is 14.4 Å². The van der Waals surface area contributed by atoms with Crippen LogP contribution in [0.25, 0.3) is 5.52 Å². The fraction of sp³-hybridized carbons (Fsp3) is 0.423. The van der Waals surface area contributed by atoms with E-state index in [1.807, 2.05) is 26.0 Å². The molecular formula is C26H31N6O3. The van der Waals surface area contributed by atoms with Crippen LogP contribution in [-0.2, 0) is 11.3 Å². The molecule has 35 heavy (non-hydrogen) atoms. The molecule has 1 amide bonds. The van der Waals surface area contributed by atoms with Gasteiger partial charge in [0.05, 0.1) is 35.7 Å². The molecule has 1 fully saturated rings. The summed E-state index contributed by atoms with van der Waals surface area (Å²) >= 11 is 0. The van der Waals surface area contributed by atoms with Crippen LogP contribution in [0.2, 0.25) is 0 Å². The highest BCUT2D eigenvalue weighted by atomic mass is 16.7. The number of aromatic nitrogens is 2. The minimum absolute atomic E-state index is 0.247. The molecule has 0 atom stereocenters. The molecule has 0 aliphatic heterocycles. The highest BCUT2D eigenvalue weighted by Gasteiger charge is 2.27. The number of pyridine rings is 1. The number of hydrogen-bond acceptors (Lipinski definition) is 7. The normalized spacial score (nSPS) is 18.1. The van der Waals surface area contributed by atoms with E-state index in [4.69, 9.17) is 15.3 Å². The van der Waals surface area contributed by atoms with E-state index in [2.05, 4.69) is 22.0 Å². The molecule has 2 aromatic heterocycles. The zero-order valence-electron chi connectivity index (χ0n) is 20.3. The molecule has 9 heteroatoms. The van der Waals surface area contributed by atoms with Gasteiger partial charge in [-0.15, -0.1) is 0 Å². The highest BCUT2D eigenvalue weighted by Crippen LogP contribution is 2.29. The molecular weight excluding hydrogens is 444 g/mol. The van der Waals surface area contributed by atoms with E-state index in [1.165, 1.54) is 7.11 Å². The number of ether oxygens (including phenoxy) is 1. The zero-order chi connectivity index (χ0) is 25.0. The van der Waals surface area contributed by atoms with E-state index < -0.39 is 11.5 Å². The van der Waals surface area contributed by atoms with Crippen molar-refractivity contribution in [3.63, 3.8) is 0 Å². The lowest BCUT2D eigenvalue weighted by Crippen LogP contribution is -2.35. The monoisotopic (exact) mass is 475 g/mol. The number of hydroxylamine groups is 1. The Labute approximate surface area is 205 Å². The number of amides is 1. The van der Waals surface area contributed by atoms with Crippen molar-refractivity contribution in [3.05, 3.63) is 59.4 Å². The van der Waals surface area contributed by atoms with Gasteiger partial charge < -0.3 is 15.8 Å². The van der Waals surface area contributed by atoms with Gasteiger partial charge >= 0.3 is 5.91 Å². The molecule has 1 aliphatic rings. The van der Waals surface area contributed by atoms with Crippen LogP contribution >= 0.6 is 0 Å². The van der Waals surface area contributed by atoms with Gasteiger partial charge in [0.15, 0.2) is 0 Å². The summed E-state index contributed by atoms with van der Waals surface area (Å²) in [6, 6.07) is 13.5. The summed E-state index contributed by atoms with van der Waals surface area (Å²) < 4.78 is 6.99. The Morgan fingerprint density at radius 2 is 2.03 bits per heavy atom. The van der Waals surface area contributed by atoms with E-state index in [0.29, 0.717) is 23.3 Å². The second kappa shape index (κ2) is 10.3. The van der Waals surface area contributed by atoms with Crippen molar-refractivity contribution in [2.75, 3.05) is 12.4 Å². The number of fused-ring (bicyclic) bond motifs is 1. The molecule has 1 radical (unpaired) electrons. The van der Waals surface area contributed by atoms with Gasteiger partial charge in [0.1, 0.15) is 17.4 Å². The number of carbonyl (C=O) groups excluding carboxylic acids is 1. The van der Waals surface area contributed by atoms with Crippen LogP contribution in [0.15, 0.2) is 42.6 Å². The molecule has 2 heterocycles. The van der Waals surface area contributed by atoms with Gasteiger partial charge in [-0.05, 0) is 63.8 Å². The van der Waals surface area contributed by atoms with Gasteiger partial charge in [-0.1, -0.05) is 17.6 Å². The lowest BCUT2D eigenvalue weighted by molar-refractivity contribution is -0.0756. The highest BCUT2D eigenvalue weighted by molar-refractivity contribution is 5.96. The smallest absolute Gasteiger partial charge is 0.303 e. The molecule has 1 saturated carbocycles. The number of nitrogens with two attached hydrogens (primary N) is 1. The second-order valence-electron chi connectivity index (χ2n) is 9.54. The molecule has 3 aromatic rings. The number of nitrogens with one attached hydrogen (secondary N) is 1. The summed E-state index contributed by atoms with van der Waals surface area (Å²) in [5.41, 5.74) is 12.3. The molecule has 4 rings (SSSR count). The number of nitriles is 1. The van der Waals surface area contributed by atoms with E-state index in [0.717, 1.165) is 42.6 Å². The predicted molar refractivity (Wildman–Crippen MR) is 132 cm³/mol. The van der Waals surface area contributed by atoms with Crippen LogP contribution < -0.4 is 21.3 Å². The third-order valence-corrected chi connectivity index (χ3v) is 6.31. The topological polar surface area (TPSA) is 129 Å². The van der Waals surface area contributed by atoms with Crippen LogP contribution in [0.5, 0.6) is 5.75 Å². The second-order valence-corrected chi connectivity index (χ2v) is 9.54. The SMILES string of the molecule is COc1ccccc1C(=O)[N]OC(C)(C)Cc1cc(NC2CCC(N)CC2)c(C#N)c2ccnn12. The number of anilines is 1. The first-order valence-corrected chi connectivity index (χ1v) is 11.8. The predicted octanol–water partition coefficient (Wildman–Crippen LogP) is 3.59. The Bertz CT molecular complexity index is 1240. The van der Waals surface area contributed by atoms with Crippen LogP contribution in [0.4, 0.5) is 5.69 Å². The number of carbonyl (C=O) groups is 1. The standard InChI is InChI=1S/C26H31N6O3/c1-26(2,35-31-25(33)20-6-4-5-7-24(20)34-3)15-19-14-22(30-18-10-8-17(28)9-11-18)21(16-27)23-12-13-29-32(19)23/h4-7,12-14,17-18,30H,8-11,15,28H2,1-3H3. The first-order valence-electron chi connectivity index (χ1n) is 11.8. The van der Waals surface area contributed by atoms with Gasteiger partial charge in [0.25, 0.3) is 0 Å². The van der Waals surface area contributed by atoms with Crippen LogP contribution in [0.3, 0.4) is 0 Å². The molecule has 0 bridgehead atoms. The Morgan fingerprint density at radius 3 is 2.74 bits per heavy atom. The third-order valence-electron chi connectivity index (χ3n) is 6.31. The van der Waals surface area contributed by atoms with Gasteiger partial charge in [-0.25, -0.2) is 9.35 Å². The summed E-state index contributed by atoms with van der Waals surface area (Å²) in [4.78, 5) is 18.3. The number of para-hydroxylation sites is 1. The Kier molecular flexibility index (Phi) is 7.24. The molecule has 3 N–H and O–H groups in total. The van der Waals surface area contributed by atoms with Gasteiger partial charge in [0.2, 0.25) is 0 Å². The lowest BCUT2D eigenvalue weighted by atomic mass is 9.91. The molecule has 9 nitrogen and oxygen atoms in total. The average molecular weight is 476 g/mol. The maximum absolute atomic E-state index is 12.6. The molecule has 1 aliphatic carbocycles. The number of benzene rings is 1. The number of methoxy groups -OCH3 is 1. The largest absolute Gasteiger partial charge is 0.496 e. The van der Waals surface area contributed by atoms with Crippen molar-refractivity contribution in [1.82, 2.24) is 15.1 Å². The van der Waals surface area contributed by atoms with Crippen LogP contribution in [0.1, 0.15) is 61.1 Å². The Balaban J connectivity index is 1.54. The summed E-state index contributed by atoms with van der Waals surface area (Å²) in [6.07, 6.45) is 5.93. The minimum atomic E-state index is -0.820. The molecule has 0 saturated heterocycles. The van der Waals surface area contributed by atoms with Crippen molar-refractivity contribution >= 4 is 17.1 Å². The fourth-order valence-electron chi connectivity index (χ4n) is 4.50. The first kappa shape index (κ1) is 24.5. The lowest BCUT2D eigenvalue weighted by Gasteiger charge is -2.29. The zero-order valence-corrected chi connectivity index (χ0v) is 20.3. The fourth-order valence-corrected chi connectivity index (χ4v) is 4.50. The van der Waals surface area contributed by atoms with Gasteiger partial charge in [-0.3, -0.25) is 4.79 Å². The Morgan fingerprint density at radius 1 is 1.29 bits per heavy atom. The van der Waals surface area contributed by atoms with E-state index >= 15 is 0 Å². The summed E-state index contributed by atoms with van der Waals surface area (Å²) in [6.45, 7) is 3.71. The van der Waals surface area contributed by atoms with Crippen molar-refractivity contribution in [2.45, 2.75) is 63.6 Å². The van der Waals surface area contributed by atoms with Crippen LogP contribution in [0, 0.1) is 11.3 Å². The summed E-state index contributed by atoms with van der Waals surface area (Å²) in [7, 11) is 1.50. The molecule has 0 unspecified atom stereocenters. The third kappa shape index (κ3) is 5.56. The summed E-state index contributed by atoms with van der Waals surface area (Å²) in [5.74, 6) is -0.0789. The van der Waals surface area contributed by atoms with Crippen molar-refractivity contribution in [2.24, 2.45) is 5.73 Å². The molecule has 1 aromatic carbocycles. The van der Waals surface area contributed by atoms with Gasteiger partial charge in [0, 0.05) is 24.2 Å². The summed E-state index contributed by atoms with van der Waals surface area (Å²) in [5, 5.41) is 17.9. The van der Waals surface area contributed by atoms with Crippen molar-refractivity contribution in [3.8, 4) is 11.8 Å². The first-order chi connectivity index (χ1) is 16.8. The quantitative estimate of drug-likeness (QED) is 0.476. The van der Waals surface area contributed by atoms with E-state index in [-0.39, 0.29) is 12.1 Å². The van der Waals surface area contributed by atoms with Crippen molar-refractivity contribution in [1.29, 1.82) is 5.26 Å².